The van der Waals surface area contributed by atoms with Gasteiger partial charge in [-0.05, 0) is 60.5 Å². The highest BCUT2D eigenvalue weighted by Crippen LogP contribution is 2.41. The molecule has 2 fully saturated rings. The smallest absolute Gasteiger partial charge is 0.167 e. The molecule has 0 amide bonds. The molecule has 4 heteroatoms. The molecule has 0 nitrogen and oxygen atoms in total. The maximum absolute atomic E-state index is 14.9. The zero-order valence-corrected chi connectivity index (χ0v) is 17.8. The highest BCUT2D eigenvalue weighted by atomic mass is 19.2. The summed E-state index contributed by atoms with van der Waals surface area (Å²) in [6.07, 6.45) is 7.29. The van der Waals surface area contributed by atoms with Crippen LogP contribution >= 0.6 is 0 Å². The largest absolute Gasteiger partial charge is 0.203 e. The van der Waals surface area contributed by atoms with E-state index in [0.29, 0.717) is 23.0 Å². The third kappa shape index (κ3) is 4.02. The van der Waals surface area contributed by atoms with Crippen LogP contribution < -0.4 is 0 Å². The monoisotopic (exact) mass is 418 g/mol. The minimum Gasteiger partial charge on any atom is -0.203 e. The molecule has 4 rings (SSSR count). The Morgan fingerprint density at radius 3 is 1.17 bits per heavy atom. The molecule has 0 aliphatic heterocycles. The molecule has 2 aliphatic rings. The summed E-state index contributed by atoms with van der Waals surface area (Å²) in [5.74, 6) is -2.81. The van der Waals surface area contributed by atoms with Crippen LogP contribution in [-0.4, -0.2) is 0 Å². The van der Waals surface area contributed by atoms with E-state index in [1.165, 1.54) is 12.1 Å². The standard InChI is InChI=1S/C26H30F4/c1-15-3-7-17(8-4-15)19-11-13-21(25(29)23(19)27)22-14-12-20(24(28)26(22)30)18-9-5-16(2)6-10-18/h11-18H,3-10H2,1-2H3. The van der Waals surface area contributed by atoms with Gasteiger partial charge in [-0.3, -0.25) is 0 Å². The maximum atomic E-state index is 14.9. The fourth-order valence-electron chi connectivity index (χ4n) is 5.32. The van der Waals surface area contributed by atoms with Crippen molar-refractivity contribution in [2.75, 3.05) is 0 Å². The van der Waals surface area contributed by atoms with Gasteiger partial charge in [0.2, 0.25) is 0 Å². The van der Waals surface area contributed by atoms with E-state index in [2.05, 4.69) is 13.8 Å². The molecule has 0 saturated heterocycles. The number of rotatable bonds is 3. The van der Waals surface area contributed by atoms with Gasteiger partial charge in [0.15, 0.2) is 23.3 Å². The molecular formula is C26H30F4. The molecule has 0 N–H and O–H groups in total. The zero-order chi connectivity index (χ0) is 21.4. The first-order chi connectivity index (χ1) is 14.4. The van der Waals surface area contributed by atoms with Crippen molar-refractivity contribution in [3.8, 4) is 11.1 Å². The second-order valence-corrected chi connectivity index (χ2v) is 9.57. The van der Waals surface area contributed by atoms with Gasteiger partial charge in [0.1, 0.15) is 0 Å². The first kappa shape index (κ1) is 21.4. The Morgan fingerprint density at radius 1 is 0.500 bits per heavy atom. The average molecular weight is 419 g/mol. The van der Waals surface area contributed by atoms with Crippen LogP contribution in [-0.2, 0) is 0 Å². The van der Waals surface area contributed by atoms with Crippen molar-refractivity contribution in [2.24, 2.45) is 11.8 Å². The lowest BCUT2D eigenvalue weighted by atomic mass is 9.78. The van der Waals surface area contributed by atoms with Crippen LogP contribution in [0, 0.1) is 35.1 Å². The summed E-state index contributed by atoms with van der Waals surface area (Å²) in [5.41, 5.74) is 0.301. The maximum Gasteiger partial charge on any atom is 0.167 e. The van der Waals surface area contributed by atoms with Gasteiger partial charge in [-0.2, -0.15) is 0 Å². The Morgan fingerprint density at radius 2 is 0.833 bits per heavy atom. The number of hydrogen-bond donors (Lipinski definition) is 0. The van der Waals surface area contributed by atoms with E-state index < -0.39 is 23.3 Å². The Hall–Kier alpha value is -1.84. The molecule has 0 atom stereocenters. The summed E-state index contributed by atoms with van der Waals surface area (Å²) in [4.78, 5) is 0. The van der Waals surface area contributed by atoms with Gasteiger partial charge in [0.25, 0.3) is 0 Å². The SMILES string of the molecule is CC1CCC(c2ccc(-c3ccc(C4CCC(C)CC4)c(F)c3F)c(F)c2F)CC1. The van der Waals surface area contributed by atoms with Crippen LogP contribution in [0.4, 0.5) is 17.6 Å². The van der Waals surface area contributed by atoms with Crippen LogP contribution in [0.25, 0.3) is 11.1 Å². The van der Waals surface area contributed by atoms with Gasteiger partial charge < -0.3 is 0 Å². The number of halogens is 4. The Labute approximate surface area is 176 Å². The molecule has 2 aromatic rings. The summed E-state index contributed by atoms with van der Waals surface area (Å²) in [5, 5.41) is 0. The summed E-state index contributed by atoms with van der Waals surface area (Å²) < 4.78 is 59.6. The fourth-order valence-corrected chi connectivity index (χ4v) is 5.32. The van der Waals surface area contributed by atoms with E-state index in [4.69, 9.17) is 0 Å². The molecule has 2 aliphatic carbocycles. The fraction of sp³-hybridized carbons (Fsp3) is 0.538. The molecule has 0 unspecified atom stereocenters. The molecule has 0 bridgehead atoms. The summed E-state index contributed by atoms with van der Waals surface area (Å²) >= 11 is 0. The molecular weight excluding hydrogens is 388 g/mol. The van der Waals surface area contributed by atoms with E-state index in [1.807, 2.05) is 0 Å². The quantitative estimate of drug-likeness (QED) is 0.438. The van der Waals surface area contributed by atoms with Crippen LogP contribution in [0.2, 0.25) is 0 Å². The van der Waals surface area contributed by atoms with Crippen LogP contribution in [0.5, 0.6) is 0 Å². The Bertz CT molecular complexity index is 828. The van der Waals surface area contributed by atoms with Crippen molar-refractivity contribution in [3.05, 3.63) is 58.7 Å². The third-order valence-corrected chi connectivity index (χ3v) is 7.43. The van der Waals surface area contributed by atoms with E-state index in [0.717, 1.165) is 51.4 Å². The van der Waals surface area contributed by atoms with Crippen molar-refractivity contribution in [1.29, 1.82) is 0 Å². The molecule has 0 radical (unpaired) electrons. The van der Waals surface area contributed by atoms with Gasteiger partial charge in [0, 0.05) is 11.1 Å². The van der Waals surface area contributed by atoms with Crippen molar-refractivity contribution >= 4 is 0 Å². The van der Waals surface area contributed by atoms with Crippen molar-refractivity contribution < 1.29 is 17.6 Å². The van der Waals surface area contributed by atoms with Crippen molar-refractivity contribution in [3.63, 3.8) is 0 Å². The molecule has 0 aromatic heterocycles. The van der Waals surface area contributed by atoms with Crippen LogP contribution in [0.1, 0.15) is 88.2 Å². The lowest BCUT2D eigenvalue weighted by Gasteiger charge is -2.27. The predicted molar refractivity (Wildman–Crippen MR) is 112 cm³/mol. The molecule has 0 heterocycles. The minimum atomic E-state index is -1.08. The zero-order valence-electron chi connectivity index (χ0n) is 17.8. The van der Waals surface area contributed by atoms with Gasteiger partial charge in [-0.1, -0.05) is 63.8 Å². The summed E-state index contributed by atoms with van der Waals surface area (Å²) in [6.45, 7) is 4.34. The van der Waals surface area contributed by atoms with Gasteiger partial charge in [0.05, 0.1) is 0 Å². The lowest BCUT2D eigenvalue weighted by molar-refractivity contribution is 0.339. The number of benzene rings is 2. The summed E-state index contributed by atoms with van der Waals surface area (Å²) in [6, 6.07) is 5.93. The summed E-state index contributed by atoms with van der Waals surface area (Å²) in [7, 11) is 0. The van der Waals surface area contributed by atoms with Crippen LogP contribution in [0.15, 0.2) is 24.3 Å². The molecule has 2 aromatic carbocycles. The molecule has 30 heavy (non-hydrogen) atoms. The first-order valence-electron chi connectivity index (χ1n) is 11.3. The topological polar surface area (TPSA) is 0 Å². The Kier molecular flexibility index (Phi) is 6.22. The predicted octanol–water partition coefficient (Wildman–Crippen LogP) is 8.50. The van der Waals surface area contributed by atoms with E-state index >= 15 is 0 Å². The van der Waals surface area contributed by atoms with Gasteiger partial charge in [-0.25, -0.2) is 17.6 Å². The minimum absolute atomic E-state index is 0.0117. The normalized spacial score (nSPS) is 27.3. The van der Waals surface area contributed by atoms with E-state index in [1.54, 1.807) is 12.1 Å². The second-order valence-electron chi connectivity index (χ2n) is 9.57. The first-order valence-corrected chi connectivity index (χ1v) is 11.3. The van der Waals surface area contributed by atoms with E-state index in [9.17, 15) is 17.6 Å². The molecule has 2 saturated carbocycles. The van der Waals surface area contributed by atoms with Gasteiger partial charge in [-0.15, -0.1) is 0 Å². The number of hydrogen-bond acceptors (Lipinski definition) is 0. The lowest BCUT2D eigenvalue weighted by Crippen LogP contribution is -2.14. The van der Waals surface area contributed by atoms with E-state index in [-0.39, 0.29) is 23.0 Å². The van der Waals surface area contributed by atoms with Crippen molar-refractivity contribution in [2.45, 2.75) is 77.0 Å². The average Bonchev–Trinajstić information content (AvgIpc) is 2.74. The third-order valence-electron chi connectivity index (χ3n) is 7.43. The highest BCUT2D eigenvalue weighted by molar-refractivity contribution is 5.66. The second kappa shape index (κ2) is 8.72. The Balaban J connectivity index is 1.64. The van der Waals surface area contributed by atoms with Gasteiger partial charge >= 0.3 is 0 Å². The highest BCUT2D eigenvalue weighted by Gasteiger charge is 2.28. The van der Waals surface area contributed by atoms with Crippen molar-refractivity contribution in [1.82, 2.24) is 0 Å². The van der Waals surface area contributed by atoms with Crippen LogP contribution in [0.3, 0.4) is 0 Å². The molecule has 162 valence electrons. The molecule has 0 spiro atoms.